The zero-order valence-corrected chi connectivity index (χ0v) is 14.4. The normalized spacial score (nSPS) is 17.8. The van der Waals surface area contributed by atoms with Crippen LogP contribution in [0.1, 0.15) is 47.8 Å². The number of hydrogen-bond donors (Lipinski definition) is 1. The van der Waals surface area contributed by atoms with Crippen LogP contribution < -0.4 is 5.56 Å². The van der Waals surface area contributed by atoms with Crippen molar-refractivity contribution in [3.8, 4) is 0 Å². The fourth-order valence-corrected chi connectivity index (χ4v) is 3.70. The molecule has 0 aliphatic carbocycles. The van der Waals surface area contributed by atoms with E-state index in [1.54, 1.807) is 30.6 Å². The number of carbonyl (C=O) groups excluding carboxylic acids is 1. The predicted molar refractivity (Wildman–Crippen MR) is 98.8 cm³/mol. The maximum atomic E-state index is 13.4. The van der Waals surface area contributed by atoms with Gasteiger partial charge in [0.25, 0.3) is 11.5 Å². The third kappa shape index (κ3) is 2.98. The molecule has 1 aliphatic heterocycles. The van der Waals surface area contributed by atoms with Crippen LogP contribution in [0.25, 0.3) is 10.8 Å². The van der Waals surface area contributed by atoms with Gasteiger partial charge in [-0.3, -0.25) is 14.6 Å². The zero-order chi connectivity index (χ0) is 17.9. The molecule has 6 heteroatoms. The van der Waals surface area contributed by atoms with Crippen LogP contribution in [0.4, 0.5) is 0 Å². The van der Waals surface area contributed by atoms with E-state index in [9.17, 15) is 9.59 Å². The number of likely N-dealkylation sites (tertiary alicyclic amines) is 1. The summed E-state index contributed by atoms with van der Waals surface area (Å²) in [6.45, 7) is 0.682. The van der Waals surface area contributed by atoms with E-state index >= 15 is 0 Å². The second kappa shape index (κ2) is 7.07. The Labute approximate surface area is 150 Å². The van der Waals surface area contributed by atoms with E-state index in [2.05, 4.69) is 15.2 Å². The van der Waals surface area contributed by atoms with Crippen molar-refractivity contribution in [2.75, 3.05) is 6.54 Å². The number of amides is 1. The summed E-state index contributed by atoms with van der Waals surface area (Å²) in [5.74, 6) is -0.138. The third-order valence-electron chi connectivity index (χ3n) is 5.00. The minimum absolute atomic E-state index is 0.000454. The van der Waals surface area contributed by atoms with Crippen molar-refractivity contribution in [2.45, 2.75) is 31.7 Å². The van der Waals surface area contributed by atoms with E-state index in [0.29, 0.717) is 23.0 Å². The molecule has 1 saturated heterocycles. The van der Waals surface area contributed by atoms with Crippen molar-refractivity contribution in [3.05, 3.63) is 70.4 Å². The number of aromatic amines is 1. The van der Waals surface area contributed by atoms with E-state index in [1.807, 2.05) is 23.1 Å². The van der Waals surface area contributed by atoms with Crippen LogP contribution in [0.2, 0.25) is 0 Å². The molecule has 3 heterocycles. The lowest BCUT2D eigenvalue weighted by molar-refractivity contribution is 0.0675. The van der Waals surface area contributed by atoms with Gasteiger partial charge < -0.3 is 4.90 Å². The molecule has 2 aromatic heterocycles. The zero-order valence-electron chi connectivity index (χ0n) is 14.4. The molecule has 0 unspecified atom stereocenters. The number of fused-ring (bicyclic) bond motifs is 1. The summed E-state index contributed by atoms with van der Waals surface area (Å²) in [7, 11) is 0. The largest absolute Gasteiger partial charge is 0.330 e. The van der Waals surface area contributed by atoms with Gasteiger partial charge in [-0.25, -0.2) is 5.10 Å². The number of aromatic nitrogens is 3. The number of pyridine rings is 1. The molecule has 1 atom stereocenters. The highest BCUT2D eigenvalue weighted by atomic mass is 16.2. The van der Waals surface area contributed by atoms with E-state index < -0.39 is 0 Å². The maximum absolute atomic E-state index is 13.4. The monoisotopic (exact) mass is 348 g/mol. The Morgan fingerprint density at radius 2 is 1.81 bits per heavy atom. The number of carbonyl (C=O) groups is 1. The van der Waals surface area contributed by atoms with Gasteiger partial charge in [-0.1, -0.05) is 31.0 Å². The highest BCUT2D eigenvalue weighted by Gasteiger charge is 2.29. The molecule has 26 heavy (non-hydrogen) atoms. The summed E-state index contributed by atoms with van der Waals surface area (Å²) >= 11 is 0. The highest BCUT2D eigenvalue weighted by molar-refractivity contribution is 6.04. The molecule has 1 N–H and O–H groups in total. The summed E-state index contributed by atoms with van der Waals surface area (Å²) in [6, 6.07) is 11.0. The molecule has 4 rings (SSSR count). The molecule has 1 fully saturated rings. The number of rotatable bonds is 2. The van der Waals surface area contributed by atoms with Gasteiger partial charge in [-0.05, 0) is 36.6 Å². The molecule has 3 aromatic rings. The topological polar surface area (TPSA) is 79.0 Å². The van der Waals surface area contributed by atoms with Crippen molar-refractivity contribution in [1.29, 1.82) is 0 Å². The van der Waals surface area contributed by atoms with Gasteiger partial charge in [0.1, 0.15) is 0 Å². The van der Waals surface area contributed by atoms with Gasteiger partial charge in [-0.2, -0.15) is 5.10 Å². The standard InChI is InChI=1S/C20H20N4O2/c25-19-16-7-4-3-6-15(16)18(22-23-19)20(26)24-13-5-1-2-8-17(24)14-9-11-21-12-10-14/h3-4,6-7,9-12,17H,1-2,5,8,13H2,(H,23,25)/t17-/m1/s1. The first kappa shape index (κ1) is 16.4. The SMILES string of the molecule is O=C(c1n[nH]c(=O)c2ccccc12)N1CCCCC[C@@H]1c1ccncc1. The van der Waals surface area contributed by atoms with Crippen molar-refractivity contribution >= 4 is 16.7 Å². The second-order valence-corrected chi connectivity index (χ2v) is 6.59. The lowest BCUT2D eigenvalue weighted by atomic mass is 10.0. The number of hydrogen-bond acceptors (Lipinski definition) is 4. The average molecular weight is 348 g/mol. The van der Waals surface area contributed by atoms with Crippen molar-refractivity contribution in [2.24, 2.45) is 0 Å². The summed E-state index contributed by atoms with van der Waals surface area (Å²) in [5.41, 5.74) is 1.11. The Morgan fingerprint density at radius 3 is 2.62 bits per heavy atom. The summed E-state index contributed by atoms with van der Waals surface area (Å²) in [5, 5.41) is 7.65. The molecule has 0 radical (unpaired) electrons. The van der Waals surface area contributed by atoms with Crippen LogP contribution in [0, 0.1) is 0 Å². The molecule has 6 nitrogen and oxygen atoms in total. The van der Waals surface area contributed by atoms with Gasteiger partial charge in [-0.15, -0.1) is 0 Å². The number of nitrogens with zero attached hydrogens (tertiary/aromatic N) is 3. The highest BCUT2D eigenvalue weighted by Crippen LogP contribution is 2.31. The van der Waals surface area contributed by atoms with Crippen LogP contribution in [0.15, 0.2) is 53.6 Å². The molecular formula is C20H20N4O2. The Kier molecular flexibility index (Phi) is 4.48. The first-order chi connectivity index (χ1) is 12.8. The van der Waals surface area contributed by atoms with E-state index in [1.165, 1.54) is 0 Å². The molecule has 0 bridgehead atoms. The number of nitrogens with one attached hydrogen (secondary N) is 1. The minimum Gasteiger partial charge on any atom is -0.330 e. The number of H-pyrrole nitrogens is 1. The summed E-state index contributed by atoms with van der Waals surface area (Å²) in [6.07, 6.45) is 7.58. The van der Waals surface area contributed by atoms with E-state index in [0.717, 1.165) is 31.2 Å². The first-order valence-corrected chi connectivity index (χ1v) is 8.94. The quantitative estimate of drug-likeness (QED) is 0.772. The predicted octanol–water partition coefficient (Wildman–Crippen LogP) is 3.08. The smallest absolute Gasteiger partial charge is 0.275 e. The Bertz CT molecular complexity index is 984. The minimum atomic E-state index is -0.279. The Morgan fingerprint density at radius 1 is 1.04 bits per heavy atom. The lowest BCUT2D eigenvalue weighted by Crippen LogP contribution is -2.36. The molecule has 0 spiro atoms. The summed E-state index contributed by atoms with van der Waals surface area (Å²) < 4.78 is 0. The van der Waals surface area contributed by atoms with Crippen LogP contribution in [0.5, 0.6) is 0 Å². The van der Waals surface area contributed by atoms with Crippen molar-refractivity contribution in [3.63, 3.8) is 0 Å². The Hall–Kier alpha value is -3.02. The first-order valence-electron chi connectivity index (χ1n) is 8.94. The fraction of sp³-hybridized carbons (Fsp3) is 0.300. The number of benzene rings is 1. The van der Waals surface area contributed by atoms with Gasteiger partial charge >= 0.3 is 0 Å². The molecule has 0 saturated carbocycles. The van der Waals surface area contributed by atoms with Gasteiger partial charge in [0, 0.05) is 24.3 Å². The molecular weight excluding hydrogens is 328 g/mol. The van der Waals surface area contributed by atoms with Crippen LogP contribution >= 0.6 is 0 Å². The fourth-order valence-electron chi connectivity index (χ4n) is 3.70. The van der Waals surface area contributed by atoms with E-state index in [-0.39, 0.29) is 17.5 Å². The van der Waals surface area contributed by atoms with Gasteiger partial charge in [0.05, 0.1) is 11.4 Å². The molecule has 132 valence electrons. The summed E-state index contributed by atoms with van der Waals surface area (Å²) in [4.78, 5) is 31.4. The maximum Gasteiger partial charge on any atom is 0.275 e. The Balaban J connectivity index is 1.78. The second-order valence-electron chi connectivity index (χ2n) is 6.59. The third-order valence-corrected chi connectivity index (χ3v) is 5.00. The van der Waals surface area contributed by atoms with Crippen LogP contribution in [-0.4, -0.2) is 32.5 Å². The van der Waals surface area contributed by atoms with Crippen LogP contribution in [0.3, 0.4) is 0 Å². The van der Waals surface area contributed by atoms with Gasteiger partial charge in [0.2, 0.25) is 0 Å². The molecule has 1 amide bonds. The lowest BCUT2D eigenvalue weighted by Gasteiger charge is -2.30. The molecule has 1 aromatic carbocycles. The average Bonchev–Trinajstić information content (AvgIpc) is 2.95. The van der Waals surface area contributed by atoms with Crippen LogP contribution in [-0.2, 0) is 0 Å². The van der Waals surface area contributed by atoms with Crippen molar-refractivity contribution in [1.82, 2.24) is 20.1 Å². The van der Waals surface area contributed by atoms with E-state index in [4.69, 9.17) is 0 Å². The van der Waals surface area contributed by atoms with Crippen molar-refractivity contribution < 1.29 is 4.79 Å². The molecule has 1 aliphatic rings. The van der Waals surface area contributed by atoms with Gasteiger partial charge in [0.15, 0.2) is 5.69 Å².